The molecule has 2 aromatic heterocycles. The molecule has 262 valence electrons. The minimum absolute atomic E-state index is 0.613. The van der Waals surface area contributed by atoms with Crippen LogP contribution in [0.4, 0.5) is 0 Å². The molecule has 0 fully saturated rings. The summed E-state index contributed by atoms with van der Waals surface area (Å²) in [5.74, 6) is 0.613. The molecule has 0 bridgehead atoms. The van der Waals surface area contributed by atoms with Crippen LogP contribution < -0.4 is 0 Å². The molecule has 3 heteroatoms. The predicted molar refractivity (Wildman–Crippen MR) is 233 cm³/mol. The summed E-state index contributed by atoms with van der Waals surface area (Å²) < 4.78 is 8.77. The molecular formula is C53H34N2O. The van der Waals surface area contributed by atoms with Crippen molar-refractivity contribution in [1.82, 2.24) is 9.55 Å². The van der Waals surface area contributed by atoms with Crippen LogP contribution in [0.3, 0.4) is 0 Å². The van der Waals surface area contributed by atoms with E-state index in [-0.39, 0.29) is 0 Å². The molecule has 9 aromatic carbocycles. The molecule has 0 amide bonds. The van der Waals surface area contributed by atoms with Gasteiger partial charge in [0.1, 0.15) is 5.52 Å². The van der Waals surface area contributed by atoms with Crippen LogP contribution in [0.25, 0.3) is 105 Å². The van der Waals surface area contributed by atoms with Crippen molar-refractivity contribution in [1.29, 1.82) is 0 Å². The number of oxazole rings is 1. The second-order valence-corrected chi connectivity index (χ2v) is 14.3. The van der Waals surface area contributed by atoms with Gasteiger partial charge in [-0.3, -0.25) is 0 Å². The SMILES string of the molecule is c1ccc(-n2c3ccccc3c3cc(-c4ccccc4-c4ccccc4-c4ccc(-c5nc6c(-c7cccc8ccccc78)cccc6o5)cc4)ccc32)cc1. The highest BCUT2D eigenvalue weighted by atomic mass is 16.3. The molecule has 0 atom stereocenters. The molecule has 11 aromatic rings. The Morgan fingerprint density at radius 1 is 0.357 bits per heavy atom. The maximum atomic E-state index is 6.40. The molecule has 0 radical (unpaired) electrons. The van der Waals surface area contributed by atoms with Gasteiger partial charge >= 0.3 is 0 Å². The Morgan fingerprint density at radius 2 is 0.911 bits per heavy atom. The van der Waals surface area contributed by atoms with Crippen molar-refractivity contribution in [2.75, 3.05) is 0 Å². The van der Waals surface area contributed by atoms with E-state index in [1.165, 1.54) is 60.4 Å². The van der Waals surface area contributed by atoms with Gasteiger partial charge in [0.15, 0.2) is 5.58 Å². The van der Waals surface area contributed by atoms with Gasteiger partial charge in [-0.25, -0.2) is 4.98 Å². The number of para-hydroxylation sites is 3. The van der Waals surface area contributed by atoms with Crippen LogP contribution >= 0.6 is 0 Å². The van der Waals surface area contributed by atoms with Crippen molar-refractivity contribution in [2.45, 2.75) is 0 Å². The Kier molecular flexibility index (Phi) is 7.49. The summed E-state index contributed by atoms with van der Waals surface area (Å²) in [4.78, 5) is 5.07. The van der Waals surface area contributed by atoms with Crippen LogP contribution in [0.15, 0.2) is 211 Å². The Balaban J connectivity index is 0.973. The number of hydrogen-bond donors (Lipinski definition) is 0. The van der Waals surface area contributed by atoms with Crippen LogP contribution in [0, 0.1) is 0 Å². The summed E-state index contributed by atoms with van der Waals surface area (Å²) in [6, 6.07) is 73.4. The van der Waals surface area contributed by atoms with Gasteiger partial charge in [-0.15, -0.1) is 0 Å². The van der Waals surface area contributed by atoms with Gasteiger partial charge in [-0.2, -0.15) is 0 Å². The number of aromatic nitrogens is 2. The second kappa shape index (κ2) is 13.1. The van der Waals surface area contributed by atoms with Crippen molar-refractivity contribution in [3.8, 4) is 61.6 Å². The molecule has 0 aliphatic carbocycles. The standard InChI is InChI=1S/C53H34N2O/c1-2-16-39(17-3-1)55-49-26-11-10-23-46(49)48-34-38(32-33-50(48)55)42-20-7-9-22-44(42)43-21-8-6-19-41(43)36-28-30-37(31-29-36)53-54-52-47(25-13-27-51(52)56-53)45-24-12-15-35-14-4-5-18-40(35)45/h1-34H. The fraction of sp³-hybridized carbons (Fsp3) is 0. The van der Waals surface area contributed by atoms with Crippen LogP contribution in [0.2, 0.25) is 0 Å². The third-order valence-corrected chi connectivity index (χ3v) is 11.1. The summed E-state index contributed by atoms with van der Waals surface area (Å²) in [6.45, 7) is 0. The van der Waals surface area contributed by atoms with Gasteiger partial charge < -0.3 is 8.98 Å². The highest BCUT2D eigenvalue weighted by molar-refractivity contribution is 6.11. The molecule has 2 heterocycles. The summed E-state index contributed by atoms with van der Waals surface area (Å²) in [5, 5.41) is 4.89. The van der Waals surface area contributed by atoms with Gasteiger partial charge in [0, 0.05) is 27.6 Å². The molecule has 0 spiro atoms. The lowest BCUT2D eigenvalue weighted by atomic mass is 9.89. The number of hydrogen-bond acceptors (Lipinski definition) is 2. The fourth-order valence-corrected chi connectivity index (χ4v) is 8.48. The van der Waals surface area contributed by atoms with Gasteiger partial charge in [-0.1, -0.05) is 158 Å². The molecule has 0 N–H and O–H groups in total. The zero-order valence-corrected chi connectivity index (χ0v) is 30.4. The second-order valence-electron chi connectivity index (χ2n) is 14.3. The van der Waals surface area contributed by atoms with Gasteiger partial charge in [-0.05, 0) is 98.2 Å². The highest BCUT2D eigenvalue weighted by Gasteiger charge is 2.18. The van der Waals surface area contributed by atoms with E-state index < -0.39 is 0 Å². The molecule has 3 nitrogen and oxygen atoms in total. The largest absolute Gasteiger partial charge is 0.436 e. The number of benzene rings is 9. The van der Waals surface area contributed by atoms with E-state index in [0.717, 1.165) is 39.0 Å². The van der Waals surface area contributed by atoms with Gasteiger partial charge in [0.25, 0.3) is 0 Å². The average molecular weight is 715 g/mol. The van der Waals surface area contributed by atoms with Crippen molar-refractivity contribution in [3.63, 3.8) is 0 Å². The number of rotatable bonds is 6. The summed E-state index contributed by atoms with van der Waals surface area (Å²) in [7, 11) is 0. The maximum absolute atomic E-state index is 6.40. The van der Waals surface area contributed by atoms with Crippen LogP contribution in [-0.4, -0.2) is 9.55 Å². The molecule has 56 heavy (non-hydrogen) atoms. The van der Waals surface area contributed by atoms with E-state index in [9.17, 15) is 0 Å². The first kappa shape index (κ1) is 32.0. The number of fused-ring (bicyclic) bond motifs is 5. The predicted octanol–water partition coefficient (Wildman–Crippen LogP) is 14.4. The summed E-state index contributed by atoms with van der Waals surface area (Å²) >= 11 is 0. The van der Waals surface area contributed by atoms with Crippen LogP contribution in [0.5, 0.6) is 0 Å². The molecule has 11 rings (SSSR count). The third kappa shape index (κ3) is 5.25. The highest BCUT2D eigenvalue weighted by Crippen LogP contribution is 2.42. The third-order valence-electron chi connectivity index (χ3n) is 11.1. The zero-order valence-electron chi connectivity index (χ0n) is 30.4. The molecule has 0 aliphatic heterocycles. The molecule has 0 unspecified atom stereocenters. The van der Waals surface area contributed by atoms with Gasteiger partial charge in [0.05, 0.1) is 11.0 Å². The number of nitrogens with zero attached hydrogens (tertiary/aromatic N) is 2. The first-order valence-corrected chi connectivity index (χ1v) is 19.0. The van der Waals surface area contributed by atoms with Gasteiger partial charge in [0.2, 0.25) is 5.89 Å². The minimum atomic E-state index is 0.613. The lowest BCUT2D eigenvalue weighted by Crippen LogP contribution is -1.93. The Morgan fingerprint density at radius 3 is 1.71 bits per heavy atom. The molecule has 0 saturated carbocycles. The fourth-order valence-electron chi connectivity index (χ4n) is 8.48. The smallest absolute Gasteiger partial charge is 0.227 e. The van der Waals surface area contributed by atoms with Crippen molar-refractivity contribution >= 4 is 43.7 Å². The van der Waals surface area contributed by atoms with Crippen LogP contribution in [-0.2, 0) is 0 Å². The lowest BCUT2D eigenvalue weighted by Gasteiger charge is -2.15. The minimum Gasteiger partial charge on any atom is -0.436 e. The maximum Gasteiger partial charge on any atom is 0.227 e. The van der Waals surface area contributed by atoms with E-state index in [4.69, 9.17) is 9.40 Å². The first-order valence-electron chi connectivity index (χ1n) is 19.0. The monoisotopic (exact) mass is 714 g/mol. The van der Waals surface area contributed by atoms with Crippen molar-refractivity contribution in [3.05, 3.63) is 206 Å². The lowest BCUT2D eigenvalue weighted by molar-refractivity contribution is 0.620. The quantitative estimate of drug-likeness (QED) is 0.172. The first-order chi connectivity index (χ1) is 27.8. The summed E-state index contributed by atoms with van der Waals surface area (Å²) in [5.41, 5.74) is 15.4. The molecule has 0 saturated heterocycles. The normalized spacial score (nSPS) is 11.6. The van der Waals surface area contributed by atoms with Crippen molar-refractivity contribution < 1.29 is 4.42 Å². The average Bonchev–Trinajstić information content (AvgIpc) is 3.86. The van der Waals surface area contributed by atoms with E-state index in [1.807, 2.05) is 12.1 Å². The Bertz CT molecular complexity index is 3240. The molecular weight excluding hydrogens is 681 g/mol. The Labute approximate surface area is 324 Å². The van der Waals surface area contributed by atoms with E-state index in [0.29, 0.717) is 5.89 Å². The van der Waals surface area contributed by atoms with E-state index in [1.54, 1.807) is 0 Å². The van der Waals surface area contributed by atoms with E-state index >= 15 is 0 Å². The summed E-state index contributed by atoms with van der Waals surface area (Å²) in [6.07, 6.45) is 0. The Hall–Kier alpha value is -7.49. The van der Waals surface area contributed by atoms with Crippen molar-refractivity contribution in [2.24, 2.45) is 0 Å². The van der Waals surface area contributed by atoms with Crippen LogP contribution in [0.1, 0.15) is 0 Å². The topological polar surface area (TPSA) is 31.0 Å². The molecule has 0 aliphatic rings. The van der Waals surface area contributed by atoms with E-state index in [2.05, 4.69) is 199 Å². The zero-order chi connectivity index (χ0) is 37.0.